The molecule has 93 heavy (non-hydrogen) atoms. The van der Waals surface area contributed by atoms with Crippen LogP contribution in [0.1, 0.15) is 382 Å². The molecule has 0 aliphatic carbocycles. The van der Waals surface area contributed by atoms with Crippen molar-refractivity contribution in [2.75, 3.05) is 39.6 Å². The number of carbonyl (C=O) groups is 4. The van der Waals surface area contributed by atoms with E-state index < -0.39 is 97.5 Å². The molecule has 0 spiro atoms. The van der Waals surface area contributed by atoms with Gasteiger partial charge in [-0.3, -0.25) is 37.3 Å². The van der Waals surface area contributed by atoms with Crippen molar-refractivity contribution in [2.45, 2.75) is 400 Å². The summed E-state index contributed by atoms with van der Waals surface area (Å²) in [5.74, 6) is -0.668. The largest absolute Gasteiger partial charge is 0.472 e. The summed E-state index contributed by atoms with van der Waals surface area (Å²) in [7, 11) is -9.91. The fourth-order valence-electron chi connectivity index (χ4n) is 11.3. The highest BCUT2D eigenvalue weighted by atomic mass is 31.2. The zero-order valence-electron chi connectivity index (χ0n) is 60.6. The number of aliphatic hydroxyl groups excluding tert-OH is 1. The van der Waals surface area contributed by atoms with E-state index in [2.05, 4.69) is 41.5 Å². The minimum absolute atomic E-state index is 0.106. The predicted molar refractivity (Wildman–Crippen MR) is 377 cm³/mol. The van der Waals surface area contributed by atoms with Crippen molar-refractivity contribution >= 4 is 39.5 Å². The third-order valence-corrected chi connectivity index (χ3v) is 19.1. The van der Waals surface area contributed by atoms with Gasteiger partial charge < -0.3 is 33.8 Å². The Balaban J connectivity index is 5.23. The maximum Gasteiger partial charge on any atom is 0.472 e. The van der Waals surface area contributed by atoms with Gasteiger partial charge >= 0.3 is 39.5 Å². The molecule has 2 unspecified atom stereocenters. The van der Waals surface area contributed by atoms with Gasteiger partial charge in [0.1, 0.15) is 19.3 Å². The average Bonchev–Trinajstić information content (AvgIpc) is 1.85. The van der Waals surface area contributed by atoms with Crippen LogP contribution in [0.2, 0.25) is 0 Å². The van der Waals surface area contributed by atoms with E-state index in [9.17, 15) is 43.2 Å². The van der Waals surface area contributed by atoms with E-state index in [-0.39, 0.29) is 25.7 Å². The van der Waals surface area contributed by atoms with Crippen LogP contribution in [0, 0.1) is 11.8 Å². The van der Waals surface area contributed by atoms with E-state index in [0.29, 0.717) is 31.6 Å². The Labute approximate surface area is 568 Å². The van der Waals surface area contributed by atoms with Crippen molar-refractivity contribution < 1.29 is 80.2 Å². The van der Waals surface area contributed by atoms with Crippen LogP contribution in [0.3, 0.4) is 0 Å². The summed E-state index contributed by atoms with van der Waals surface area (Å²) in [5, 5.41) is 10.6. The highest BCUT2D eigenvalue weighted by molar-refractivity contribution is 7.47. The average molecular weight is 1370 g/mol. The quantitative estimate of drug-likeness (QED) is 0.0222. The van der Waals surface area contributed by atoms with Crippen LogP contribution >= 0.6 is 15.6 Å². The van der Waals surface area contributed by atoms with E-state index in [1.54, 1.807) is 0 Å². The summed E-state index contributed by atoms with van der Waals surface area (Å²) >= 11 is 0. The molecule has 0 fully saturated rings. The van der Waals surface area contributed by atoms with Gasteiger partial charge in [-0.1, -0.05) is 330 Å². The smallest absolute Gasteiger partial charge is 0.462 e. The molecule has 0 aliphatic rings. The standard InChI is InChI=1S/C74H144O17P2/c1-7-9-11-13-15-17-19-21-22-23-24-25-26-30-35-39-47-53-59-74(79)90-69(62-84-71(76)56-50-44-37-33-31-27-28-32-36-42-48-54-66(3)4)64-88-92(80,81)86-60-68(75)61-87-93(82,83)89-65-70(63-85-72(77)57-51-45-41-40-43-49-55-67(5)6)91-73(78)58-52-46-38-34-29-20-18-16-14-12-10-8-2/h66-70,75H,7-65H2,1-6H3,(H,80,81)(H,82,83)/t68-,69-,70-/m1/s1. The molecule has 0 amide bonds. The molecule has 0 radical (unpaired) electrons. The summed E-state index contributed by atoms with van der Waals surface area (Å²) < 4.78 is 68.4. The Morgan fingerprint density at radius 1 is 0.290 bits per heavy atom. The molecular formula is C74H144O17P2. The topological polar surface area (TPSA) is 237 Å². The summed E-state index contributed by atoms with van der Waals surface area (Å²) in [6.45, 7) is 9.50. The molecule has 0 saturated carbocycles. The number of hydrogen-bond donors (Lipinski definition) is 3. The molecule has 0 aromatic rings. The van der Waals surface area contributed by atoms with Gasteiger partial charge in [0.05, 0.1) is 26.4 Å². The molecule has 0 aromatic carbocycles. The maximum atomic E-state index is 13.1. The molecule has 0 aliphatic heterocycles. The van der Waals surface area contributed by atoms with E-state index in [1.807, 2.05) is 0 Å². The second-order valence-electron chi connectivity index (χ2n) is 27.6. The number of rotatable bonds is 73. The number of aliphatic hydroxyl groups is 1. The van der Waals surface area contributed by atoms with Gasteiger partial charge in [0.2, 0.25) is 0 Å². The molecule has 19 heteroatoms. The summed E-state index contributed by atoms with van der Waals surface area (Å²) in [5.41, 5.74) is 0. The molecule has 0 saturated heterocycles. The van der Waals surface area contributed by atoms with Crippen molar-refractivity contribution in [1.82, 2.24) is 0 Å². The Morgan fingerprint density at radius 2 is 0.495 bits per heavy atom. The fraction of sp³-hybridized carbons (Fsp3) is 0.946. The van der Waals surface area contributed by atoms with Gasteiger partial charge in [0.15, 0.2) is 12.2 Å². The number of phosphoric acid groups is 2. The van der Waals surface area contributed by atoms with Crippen LogP contribution in [0.4, 0.5) is 0 Å². The van der Waals surface area contributed by atoms with E-state index in [1.165, 1.54) is 193 Å². The molecule has 0 aromatic heterocycles. The van der Waals surface area contributed by atoms with Crippen LogP contribution in [-0.4, -0.2) is 96.7 Å². The van der Waals surface area contributed by atoms with Crippen molar-refractivity contribution in [3.05, 3.63) is 0 Å². The Morgan fingerprint density at radius 3 is 0.731 bits per heavy atom. The van der Waals surface area contributed by atoms with Crippen molar-refractivity contribution in [3.63, 3.8) is 0 Å². The van der Waals surface area contributed by atoms with Crippen LogP contribution < -0.4 is 0 Å². The minimum atomic E-state index is -4.96. The highest BCUT2D eigenvalue weighted by Crippen LogP contribution is 2.45. The molecule has 0 heterocycles. The van der Waals surface area contributed by atoms with Crippen LogP contribution in [0.15, 0.2) is 0 Å². The Kier molecular flexibility index (Phi) is 64.6. The van der Waals surface area contributed by atoms with Gasteiger partial charge in [-0.2, -0.15) is 0 Å². The first-order valence-electron chi connectivity index (χ1n) is 38.5. The number of ether oxygens (including phenoxy) is 4. The van der Waals surface area contributed by atoms with Gasteiger partial charge in [-0.15, -0.1) is 0 Å². The van der Waals surface area contributed by atoms with Crippen molar-refractivity contribution in [2.24, 2.45) is 11.8 Å². The van der Waals surface area contributed by atoms with Gasteiger partial charge in [-0.05, 0) is 37.5 Å². The number of phosphoric ester groups is 2. The number of carbonyl (C=O) groups excluding carboxylic acids is 4. The predicted octanol–water partition coefficient (Wildman–Crippen LogP) is 21.6. The minimum Gasteiger partial charge on any atom is -0.462 e. The van der Waals surface area contributed by atoms with Crippen LogP contribution in [-0.2, 0) is 65.4 Å². The van der Waals surface area contributed by atoms with Gasteiger partial charge in [0, 0.05) is 25.7 Å². The maximum absolute atomic E-state index is 13.1. The lowest BCUT2D eigenvalue weighted by molar-refractivity contribution is -0.161. The monoisotopic (exact) mass is 1370 g/mol. The van der Waals surface area contributed by atoms with E-state index in [4.69, 9.17) is 37.0 Å². The van der Waals surface area contributed by atoms with Crippen LogP contribution in [0.5, 0.6) is 0 Å². The third-order valence-electron chi connectivity index (χ3n) is 17.2. The molecule has 3 N–H and O–H groups in total. The van der Waals surface area contributed by atoms with Gasteiger partial charge in [0.25, 0.3) is 0 Å². The second kappa shape index (κ2) is 66.0. The van der Waals surface area contributed by atoms with E-state index >= 15 is 0 Å². The lowest BCUT2D eigenvalue weighted by Crippen LogP contribution is -2.30. The lowest BCUT2D eigenvalue weighted by atomic mass is 10.0. The third kappa shape index (κ3) is 68.4. The number of unbranched alkanes of at least 4 members (excludes halogenated alkanes) is 43. The van der Waals surface area contributed by atoms with Crippen molar-refractivity contribution in [3.8, 4) is 0 Å². The molecule has 5 atom stereocenters. The summed E-state index contributed by atoms with van der Waals surface area (Å²) in [6, 6.07) is 0. The molecule has 17 nitrogen and oxygen atoms in total. The first kappa shape index (κ1) is 91.1. The Hall–Kier alpha value is -1.94. The first-order chi connectivity index (χ1) is 44.9. The summed E-state index contributed by atoms with van der Waals surface area (Å²) in [4.78, 5) is 72.7. The number of esters is 4. The van der Waals surface area contributed by atoms with Gasteiger partial charge in [-0.25, -0.2) is 9.13 Å². The normalized spacial score (nSPS) is 14.1. The fourth-order valence-corrected chi connectivity index (χ4v) is 12.9. The second-order valence-corrected chi connectivity index (χ2v) is 30.5. The molecule has 0 rings (SSSR count). The lowest BCUT2D eigenvalue weighted by Gasteiger charge is -2.21. The summed E-state index contributed by atoms with van der Waals surface area (Å²) in [6.07, 6.45) is 52.8. The highest BCUT2D eigenvalue weighted by Gasteiger charge is 2.30. The molecule has 552 valence electrons. The molecular weight excluding hydrogens is 1220 g/mol. The van der Waals surface area contributed by atoms with Crippen molar-refractivity contribution in [1.29, 1.82) is 0 Å². The van der Waals surface area contributed by atoms with Crippen LogP contribution in [0.25, 0.3) is 0 Å². The molecule has 0 bridgehead atoms. The zero-order chi connectivity index (χ0) is 68.6. The Bertz CT molecular complexity index is 1800. The zero-order valence-corrected chi connectivity index (χ0v) is 62.3. The van der Waals surface area contributed by atoms with E-state index in [0.717, 1.165) is 102 Å². The number of hydrogen-bond acceptors (Lipinski definition) is 15. The first-order valence-corrected chi connectivity index (χ1v) is 41.5. The SMILES string of the molecule is CCCCCCCCCCCCCCCCCCCCC(=O)O[C@H](COC(=O)CCCCCCCCCCCCCC(C)C)COP(=O)(O)OC[C@@H](O)COP(=O)(O)OC[C@@H](COC(=O)CCCCCCCCC(C)C)OC(=O)CCCCCCCCCCCCCC.